The van der Waals surface area contributed by atoms with Crippen LogP contribution in [-0.2, 0) is 14.6 Å². The van der Waals surface area contributed by atoms with Crippen molar-refractivity contribution in [2.45, 2.75) is 44.5 Å². The molecule has 1 N–H and O–H groups in total. The zero-order chi connectivity index (χ0) is 19.8. The summed E-state index contributed by atoms with van der Waals surface area (Å²) in [7, 11) is -1.54. The Bertz CT molecular complexity index is 901. The molecule has 0 amide bonds. The molecule has 0 saturated carbocycles. The predicted octanol–water partition coefficient (Wildman–Crippen LogP) is 4.09. The molecule has 1 fully saturated rings. The summed E-state index contributed by atoms with van der Waals surface area (Å²) in [4.78, 5) is 0. The number of benzene rings is 1. The molecule has 0 aromatic heterocycles. The van der Waals surface area contributed by atoms with Crippen LogP contribution in [0.25, 0.3) is 6.08 Å². The van der Waals surface area contributed by atoms with Crippen LogP contribution in [0.1, 0.15) is 38.7 Å². The minimum absolute atomic E-state index is 0.0972. The Morgan fingerprint density at radius 3 is 2.85 bits per heavy atom. The Balaban J connectivity index is 1.72. The first-order valence-electron chi connectivity index (χ1n) is 9.05. The smallest absolute Gasteiger partial charge is 0.171 e. The van der Waals surface area contributed by atoms with E-state index < -0.39 is 15.1 Å². The number of phenolic OH excluding ortho intramolecular Hbond substituents is 1. The second-order valence-electron chi connectivity index (χ2n) is 7.11. The standard InChI is InChI=1S/C20H25IO5S/c1-4-14-11-27(23,24)18-10-26-16(19(14)18)6-5-12(2)7-13-8-15(21)20(22)17(9-13)25-3/h7-9,16,18,22H,4-6,10-11H2,1-3H3/b12-7+/t16-,18+/m1/s1. The van der Waals surface area contributed by atoms with Crippen LogP contribution in [0.2, 0.25) is 0 Å². The predicted molar refractivity (Wildman–Crippen MR) is 115 cm³/mol. The topological polar surface area (TPSA) is 72.8 Å². The van der Waals surface area contributed by atoms with Gasteiger partial charge in [0.15, 0.2) is 21.3 Å². The number of rotatable bonds is 6. The van der Waals surface area contributed by atoms with E-state index in [1.165, 1.54) is 12.7 Å². The maximum atomic E-state index is 12.3. The van der Waals surface area contributed by atoms with Crippen LogP contribution in [0.15, 0.2) is 28.9 Å². The van der Waals surface area contributed by atoms with Gasteiger partial charge in [-0.15, -0.1) is 0 Å². The van der Waals surface area contributed by atoms with Crippen molar-refractivity contribution in [3.05, 3.63) is 38.0 Å². The highest BCUT2D eigenvalue weighted by Gasteiger charge is 2.46. The summed E-state index contributed by atoms with van der Waals surface area (Å²) >= 11 is 2.08. The van der Waals surface area contributed by atoms with Crippen molar-refractivity contribution in [3.63, 3.8) is 0 Å². The van der Waals surface area contributed by atoms with Gasteiger partial charge in [-0.05, 0) is 72.0 Å². The maximum absolute atomic E-state index is 12.3. The molecule has 0 spiro atoms. The van der Waals surface area contributed by atoms with Crippen LogP contribution in [0, 0.1) is 3.57 Å². The van der Waals surface area contributed by atoms with Crippen LogP contribution in [0.3, 0.4) is 0 Å². The molecule has 2 aliphatic rings. The molecule has 27 heavy (non-hydrogen) atoms. The Hall–Kier alpha value is -1.06. The van der Waals surface area contributed by atoms with E-state index in [9.17, 15) is 13.5 Å². The number of hydrogen-bond acceptors (Lipinski definition) is 5. The summed E-state index contributed by atoms with van der Waals surface area (Å²) in [6.45, 7) is 4.36. The molecule has 3 rings (SSSR count). The van der Waals surface area contributed by atoms with Gasteiger partial charge in [-0.1, -0.05) is 24.1 Å². The molecule has 2 heterocycles. The summed E-state index contributed by atoms with van der Waals surface area (Å²) in [5, 5.41) is 9.53. The van der Waals surface area contributed by atoms with Crippen LogP contribution < -0.4 is 4.74 Å². The fourth-order valence-electron chi connectivity index (χ4n) is 3.86. The molecule has 148 valence electrons. The highest BCUT2D eigenvalue weighted by atomic mass is 127. The number of fused-ring (bicyclic) bond motifs is 1. The van der Waals surface area contributed by atoms with Crippen molar-refractivity contribution in [1.82, 2.24) is 0 Å². The van der Waals surface area contributed by atoms with Crippen LogP contribution in [0.5, 0.6) is 11.5 Å². The van der Waals surface area contributed by atoms with E-state index in [4.69, 9.17) is 9.47 Å². The van der Waals surface area contributed by atoms with Crippen LogP contribution in [-0.4, -0.2) is 44.3 Å². The van der Waals surface area contributed by atoms with Gasteiger partial charge in [0.05, 0.1) is 29.1 Å². The lowest BCUT2D eigenvalue weighted by Gasteiger charge is -2.14. The van der Waals surface area contributed by atoms with Gasteiger partial charge in [-0.3, -0.25) is 0 Å². The number of methoxy groups -OCH3 is 1. The lowest BCUT2D eigenvalue weighted by Crippen LogP contribution is -2.19. The van der Waals surface area contributed by atoms with Gasteiger partial charge in [-0.25, -0.2) is 8.42 Å². The Morgan fingerprint density at radius 2 is 2.19 bits per heavy atom. The van der Waals surface area contributed by atoms with Gasteiger partial charge in [-0.2, -0.15) is 0 Å². The van der Waals surface area contributed by atoms with Gasteiger partial charge in [0, 0.05) is 0 Å². The lowest BCUT2D eigenvalue weighted by atomic mass is 9.96. The van der Waals surface area contributed by atoms with E-state index in [1.54, 1.807) is 0 Å². The molecular weight excluding hydrogens is 479 g/mol. The molecule has 1 aromatic rings. The highest BCUT2D eigenvalue weighted by Crippen LogP contribution is 2.39. The number of allylic oxidation sites excluding steroid dienone is 1. The third kappa shape index (κ3) is 4.19. The molecule has 5 nitrogen and oxygen atoms in total. The number of phenols is 1. The first-order chi connectivity index (χ1) is 12.8. The van der Waals surface area contributed by atoms with E-state index in [-0.39, 0.29) is 17.6 Å². The minimum Gasteiger partial charge on any atom is -0.504 e. The second kappa shape index (κ2) is 8.13. The van der Waals surface area contributed by atoms with Crippen molar-refractivity contribution in [3.8, 4) is 11.5 Å². The maximum Gasteiger partial charge on any atom is 0.171 e. The highest BCUT2D eigenvalue weighted by molar-refractivity contribution is 14.1. The first kappa shape index (κ1) is 20.7. The molecule has 0 radical (unpaired) electrons. The van der Waals surface area contributed by atoms with Crippen molar-refractivity contribution >= 4 is 38.5 Å². The number of sulfone groups is 1. The van der Waals surface area contributed by atoms with Gasteiger partial charge >= 0.3 is 0 Å². The second-order valence-corrected chi connectivity index (χ2v) is 10.5. The quantitative estimate of drug-likeness (QED) is 0.467. The molecule has 0 aliphatic carbocycles. The zero-order valence-electron chi connectivity index (χ0n) is 15.8. The molecule has 1 saturated heterocycles. The monoisotopic (exact) mass is 504 g/mol. The normalized spacial score (nSPS) is 24.4. The molecule has 0 unspecified atom stereocenters. The molecular formula is C20H25IO5S. The molecule has 2 aliphatic heterocycles. The summed E-state index contributed by atoms with van der Waals surface area (Å²) in [6, 6.07) is 3.72. The van der Waals surface area contributed by atoms with Gasteiger partial charge < -0.3 is 14.6 Å². The fraction of sp³-hybridized carbons (Fsp3) is 0.500. The number of ether oxygens (including phenoxy) is 2. The van der Waals surface area contributed by atoms with Gasteiger partial charge in [0.1, 0.15) is 5.25 Å². The van der Waals surface area contributed by atoms with E-state index >= 15 is 0 Å². The first-order valence-corrected chi connectivity index (χ1v) is 11.8. The third-order valence-electron chi connectivity index (χ3n) is 5.27. The zero-order valence-corrected chi connectivity index (χ0v) is 18.8. The van der Waals surface area contributed by atoms with Crippen LogP contribution in [0.4, 0.5) is 0 Å². The van der Waals surface area contributed by atoms with E-state index in [1.807, 2.05) is 19.1 Å². The Labute approximate surface area is 174 Å². The van der Waals surface area contributed by atoms with Gasteiger partial charge in [0.25, 0.3) is 0 Å². The SMILES string of the molecule is CCC1=C2[C@@H](CC/C(C)=C/c3cc(I)c(O)c(OC)c3)OC[C@@H]2S(=O)(=O)C1. The van der Waals surface area contributed by atoms with E-state index in [0.29, 0.717) is 12.4 Å². The van der Waals surface area contributed by atoms with Crippen molar-refractivity contribution in [2.75, 3.05) is 19.5 Å². The average Bonchev–Trinajstić information content (AvgIpc) is 3.15. The van der Waals surface area contributed by atoms with Crippen molar-refractivity contribution in [1.29, 1.82) is 0 Å². The largest absolute Gasteiger partial charge is 0.504 e. The number of hydrogen-bond donors (Lipinski definition) is 1. The summed E-state index contributed by atoms with van der Waals surface area (Å²) in [5.74, 6) is 0.806. The molecule has 0 bridgehead atoms. The fourth-order valence-corrected chi connectivity index (χ4v) is 6.54. The minimum atomic E-state index is -3.07. The summed E-state index contributed by atoms with van der Waals surface area (Å²) < 4.78 is 36.4. The number of aromatic hydroxyl groups is 1. The van der Waals surface area contributed by atoms with Crippen molar-refractivity contribution < 1.29 is 23.0 Å². The number of halogens is 1. The molecule has 2 atom stereocenters. The van der Waals surface area contributed by atoms with E-state index in [2.05, 4.69) is 35.6 Å². The van der Waals surface area contributed by atoms with Crippen LogP contribution >= 0.6 is 22.6 Å². The Kier molecular flexibility index (Phi) is 6.22. The summed E-state index contributed by atoms with van der Waals surface area (Å²) in [5.41, 5.74) is 4.20. The Morgan fingerprint density at radius 1 is 1.44 bits per heavy atom. The summed E-state index contributed by atoms with van der Waals surface area (Å²) in [6.07, 6.45) is 4.33. The van der Waals surface area contributed by atoms with E-state index in [0.717, 1.165) is 39.5 Å². The molecule has 1 aromatic carbocycles. The lowest BCUT2D eigenvalue weighted by molar-refractivity contribution is 0.117. The molecule has 7 heteroatoms. The van der Waals surface area contributed by atoms with Crippen molar-refractivity contribution in [2.24, 2.45) is 0 Å². The van der Waals surface area contributed by atoms with Gasteiger partial charge in [0.2, 0.25) is 0 Å². The third-order valence-corrected chi connectivity index (χ3v) is 8.10. The average molecular weight is 504 g/mol.